The van der Waals surface area contributed by atoms with E-state index in [4.69, 9.17) is 16.2 Å². The van der Waals surface area contributed by atoms with Crippen molar-refractivity contribution < 1.29 is 9.53 Å². The van der Waals surface area contributed by atoms with Gasteiger partial charge in [-0.1, -0.05) is 19.8 Å². The van der Waals surface area contributed by atoms with Gasteiger partial charge in [0.2, 0.25) is 5.91 Å². The van der Waals surface area contributed by atoms with Gasteiger partial charge in [0.05, 0.1) is 12.2 Å². The number of amides is 1. The van der Waals surface area contributed by atoms with Crippen LogP contribution in [0, 0.1) is 5.92 Å². The molecule has 100 valence electrons. The number of carbonyl (C=O) groups excluding carboxylic acids is 1. The number of hydrogen-bond acceptors (Lipinski definition) is 3. The Morgan fingerprint density at radius 1 is 1.41 bits per heavy atom. The van der Waals surface area contributed by atoms with Crippen LogP contribution in [0.5, 0.6) is 0 Å². The predicted octanol–water partition coefficient (Wildman–Crippen LogP) is 1.57. The maximum Gasteiger partial charge on any atom is 0.219 e. The molecule has 1 aliphatic rings. The molecule has 0 bridgehead atoms. The summed E-state index contributed by atoms with van der Waals surface area (Å²) in [4.78, 5) is 10.7. The normalized spacial score (nSPS) is 29.2. The smallest absolute Gasteiger partial charge is 0.219 e. The van der Waals surface area contributed by atoms with Gasteiger partial charge in [0.1, 0.15) is 0 Å². The van der Waals surface area contributed by atoms with Crippen LogP contribution in [0.15, 0.2) is 0 Å². The maximum atomic E-state index is 10.7. The highest BCUT2D eigenvalue weighted by atomic mass is 16.5. The van der Waals surface area contributed by atoms with E-state index in [2.05, 4.69) is 6.92 Å². The minimum Gasteiger partial charge on any atom is -0.373 e. The summed E-state index contributed by atoms with van der Waals surface area (Å²) >= 11 is 0. The van der Waals surface area contributed by atoms with Crippen molar-refractivity contribution in [2.45, 2.75) is 57.5 Å². The molecule has 1 amide bonds. The second kappa shape index (κ2) is 6.97. The van der Waals surface area contributed by atoms with E-state index in [1.165, 1.54) is 25.7 Å². The number of primary amides is 1. The van der Waals surface area contributed by atoms with E-state index in [-0.39, 0.29) is 11.5 Å². The minimum absolute atomic E-state index is 0.195. The van der Waals surface area contributed by atoms with Crippen LogP contribution in [-0.4, -0.2) is 24.7 Å². The number of nitrogens with two attached hydrogens (primary N) is 2. The molecule has 4 nitrogen and oxygen atoms in total. The number of ether oxygens (including phenoxy) is 1. The Morgan fingerprint density at radius 2 is 2.06 bits per heavy atom. The summed E-state index contributed by atoms with van der Waals surface area (Å²) in [5.74, 6) is 0.524. The standard InChI is InChI=1S/C13H26N2O2/c1-2-3-11-4-7-13(10-14,8-5-11)17-9-6-12(15)16/h11H,2-10,14H2,1H3,(H2,15,16). The molecule has 0 spiro atoms. The van der Waals surface area contributed by atoms with Crippen LogP contribution >= 0.6 is 0 Å². The van der Waals surface area contributed by atoms with Gasteiger partial charge in [0, 0.05) is 13.0 Å². The zero-order chi connectivity index (χ0) is 12.7. The van der Waals surface area contributed by atoms with Gasteiger partial charge in [0.25, 0.3) is 0 Å². The fourth-order valence-electron chi connectivity index (χ4n) is 2.68. The molecule has 0 atom stereocenters. The summed E-state index contributed by atoms with van der Waals surface area (Å²) in [5.41, 5.74) is 10.7. The van der Waals surface area contributed by atoms with Crippen LogP contribution in [0.25, 0.3) is 0 Å². The first-order valence-electron chi connectivity index (χ1n) is 6.74. The van der Waals surface area contributed by atoms with Crippen molar-refractivity contribution >= 4 is 5.91 Å². The maximum absolute atomic E-state index is 10.7. The number of rotatable bonds is 7. The van der Waals surface area contributed by atoms with E-state index in [1.807, 2.05) is 0 Å². The Bertz CT molecular complexity index is 236. The van der Waals surface area contributed by atoms with E-state index in [9.17, 15) is 4.79 Å². The van der Waals surface area contributed by atoms with Gasteiger partial charge >= 0.3 is 0 Å². The second-order valence-corrected chi connectivity index (χ2v) is 5.18. The predicted molar refractivity (Wildman–Crippen MR) is 68.4 cm³/mol. The third kappa shape index (κ3) is 4.64. The molecule has 1 saturated carbocycles. The van der Waals surface area contributed by atoms with Gasteiger partial charge in [-0.25, -0.2) is 0 Å². The first-order valence-corrected chi connectivity index (χ1v) is 6.74. The van der Waals surface area contributed by atoms with Crippen molar-refractivity contribution in [1.29, 1.82) is 0 Å². The third-order valence-corrected chi connectivity index (χ3v) is 3.84. The molecule has 0 aromatic rings. The van der Waals surface area contributed by atoms with Gasteiger partial charge in [-0.3, -0.25) is 4.79 Å². The fraction of sp³-hybridized carbons (Fsp3) is 0.923. The van der Waals surface area contributed by atoms with Crippen LogP contribution < -0.4 is 11.5 Å². The molecule has 0 saturated heterocycles. The summed E-state index contributed by atoms with van der Waals surface area (Å²) < 4.78 is 5.83. The average molecular weight is 242 g/mol. The Hall–Kier alpha value is -0.610. The first kappa shape index (κ1) is 14.5. The van der Waals surface area contributed by atoms with E-state index >= 15 is 0 Å². The lowest BCUT2D eigenvalue weighted by atomic mass is 9.77. The summed E-state index contributed by atoms with van der Waals surface area (Å²) in [6.45, 7) is 3.18. The van der Waals surface area contributed by atoms with Crippen LogP contribution in [-0.2, 0) is 9.53 Å². The molecule has 4 N–H and O–H groups in total. The Balaban J connectivity index is 2.35. The largest absolute Gasteiger partial charge is 0.373 e. The van der Waals surface area contributed by atoms with Crippen molar-refractivity contribution in [3.8, 4) is 0 Å². The van der Waals surface area contributed by atoms with Gasteiger partial charge in [-0.15, -0.1) is 0 Å². The van der Waals surface area contributed by atoms with Crippen LogP contribution in [0.2, 0.25) is 0 Å². The number of carbonyl (C=O) groups is 1. The molecule has 1 aliphatic carbocycles. The molecule has 0 aromatic carbocycles. The van der Waals surface area contributed by atoms with Gasteiger partial charge in [-0.05, 0) is 31.6 Å². The van der Waals surface area contributed by atoms with E-state index in [0.29, 0.717) is 19.6 Å². The van der Waals surface area contributed by atoms with Crippen LogP contribution in [0.4, 0.5) is 0 Å². The van der Waals surface area contributed by atoms with Crippen molar-refractivity contribution in [2.24, 2.45) is 17.4 Å². The Labute approximate surface area is 104 Å². The summed E-state index contributed by atoms with van der Waals surface area (Å²) in [6.07, 6.45) is 7.29. The summed E-state index contributed by atoms with van der Waals surface area (Å²) in [5, 5.41) is 0. The Morgan fingerprint density at radius 3 is 2.53 bits per heavy atom. The quantitative estimate of drug-likeness (QED) is 0.711. The molecule has 4 heteroatoms. The van der Waals surface area contributed by atoms with Gasteiger partial charge in [0.15, 0.2) is 0 Å². The van der Waals surface area contributed by atoms with Crippen molar-refractivity contribution in [3.05, 3.63) is 0 Å². The lowest BCUT2D eigenvalue weighted by Crippen LogP contribution is -2.44. The van der Waals surface area contributed by atoms with Gasteiger partial charge < -0.3 is 16.2 Å². The molecule has 0 radical (unpaired) electrons. The number of hydrogen-bond donors (Lipinski definition) is 2. The molecular weight excluding hydrogens is 216 g/mol. The summed E-state index contributed by atoms with van der Waals surface area (Å²) in [6, 6.07) is 0. The Kier molecular flexibility index (Phi) is 5.92. The molecule has 0 heterocycles. The van der Waals surface area contributed by atoms with Crippen molar-refractivity contribution in [3.63, 3.8) is 0 Å². The molecule has 0 aromatic heterocycles. The van der Waals surface area contributed by atoms with Crippen LogP contribution in [0.3, 0.4) is 0 Å². The second-order valence-electron chi connectivity index (χ2n) is 5.18. The third-order valence-electron chi connectivity index (χ3n) is 3.84. The lowest BCUT2D eigenvalue weighted by Gasteiger charge is -2.39. The zero-order valence-corrected chi connectivity index (χ0v) is 10.9. The molecule has 0 unspecified atom stereocenters. The molecule has 17 heavy (non-hydrogen) atoms. The highest BCUT2D eigenvalue weighted by Gasteiger charge is 2.34. The van der Waals surface area contributed by atoms with Crippen molar-refractivity contribution in [1.82, 2.24) is 0 Å². The van der Waals surface area contributed by atoms with Gasteiger partial charge in [-0.2, -0.15) is 0 Å². The molecular formula is C13H26N2O2. The van der Waals surface area contributed by atoms with E-state index in [1.54, 1.807) is 0 Å². The highest BCUT2D eigenvalue weighted by molar-refractivity contribution is 5.73. The minimum atomic E-state index is -0.308. The molecule has 0 aliphatic heterocycles. The van der Waals surface area contributed by atoms with Crippen LogP contribution in [0.1, 0.15) is 51.9 Å². The SMILES string of the molecule is CCCC1CCC(CN)(OCCC(N)=O)CC1. The highest BCUT2D eigenvalue weighted by Crippen LogP contribution is 2.36. The van der Waals surface area contributed by atoms with E-state index < -0.39 is 0 Å². The molecule has 1 fully saturated rings. The zero-order valence-electron chi connectivity index (χ0n) is 10.9. The fourth-order valence-corrected chi connectivity index (χ4v) is 2.68. The first-order chi connectivity index (χ1) is 8.12. The lowest BCUT2D eigenvalue weighted by molar-refractivity contribution is -0.122. The van der Waals surface area contributed by atoms with E-state index in [0.717, 1.165) is 18.8 Å². The topological polar surface area (TPSA) is 78.3 Å². The average Bonchev–Trinajstić information content (AvgIpc) is 2.31. The molecule has 1 rings (SSSR count). The van der Waals surface area contributed by atoms with Crippen molar-refractivity contribution in [2.75, 3.05) is 13.2 Å². The monoisotopic (exact) mass is 242 g/mol. The summed E-state index contributed by atoms with van der Waals surface area (Å²) in [7, 11) is 0.